The molecule has 0 fully saturated rings. The molecule has 0 radical (unpaired) electrons. The largest absolute Gasteiger partial charge is 0.493 e. The standard InChI is InChI=1S/C17H28N2O4.ClH/c1-7-10(2)15(18)17(20)19-11(3)12-8-13(21-4)16(23-6)14(9-12)22-5;/h8-11,15H,7,18H2,1-6H3,(H,19,20);1H. The molecule has 0 bridgehead atoms. The fourth-order valence-electron chi connectivity index (χ4n) is 2.26. The first-order valence-electron chi connectivity index (χ1n) is 7.75. The Bertz CT molecular complexity index is 514. The quantitative estimate of drug-likeness (QED) is 0.744. The average Bonchev–Trinajstić information content (AvgIpc) is 2.58. The van der Waals surface area contributed by atoms with Gasteiger partial charge in [-0.15, -0.1) is 12.4 Å². The predicted molar refractivity (Wildman–Crippen MR) is 97.3 cm³/mol. The van der Waals surface area contributed by atoms with E-state index in [4.69, 9.17) is 19.9 Å². The number of amides is 1. The number of hydrogen-bond donors (Lipinski definition) is 2. The van der Waals surface area contributed by atoms with E-state index < -0.39 is 6.04 Å². The number of carbonyl (C=O) groups is 1. The minimum Gasteiger partial charge on any atom is -0.493 e. The van der Waals surface area contributed by atoms with E-state index in [9.17, 15) is 4.79 Å². The number of hydrogen-bond acceptors (Lipinski definition) is 5. The molecule has 0 aromatic heterocycles. The molecule has 0 aliphatic heterocycles. The number of nitrogens with one attached hydrogen (secondary N) is 1. The van der Waals surface area contributed by atoms with Gasteiger partial charge >= 0.3 is 0 Å². The van der Waals surface area contributed by atoms with Crippen LogP contribution in [0.25, 0.3) is 0 Å². The Kier molecular flexibility index (Phi) is 9.55. The summed E-state index contributed by atoms with van der Waals surface area (Å²) in [4.78, 5) is 12.2. The Morgan fingerprint density at radius 1 is 1.12 bits per heavy atom. The second-order valence-corrected chi connectivity index (χ2v) is 5.60. The predicted octanol–water partition coefficient (Wildman–Crippen LogP) is 2.68. The molecule has 1 rings (SSSR count). The van der Waals surface area contributed by atoms with Crippen LogP contribution >= 0.6 is 12.4 Å². The van der Waals surface area contributed by atoms with Crippen LogP contribution in [-0.4, -0.2) is 33.3 Å². The van der Waals surface area contributed by atoms with E-state index >= 15 is 0 Å². The van der Waals surface area contributed by atoms with Crippen molar-refractivity contribution in [1.29, 1.82) is 0 Å². The van der Waals surface area contributed by atoms with Gasteiger partial charge in [0.2, 0.25) is 11.7 Å². The molecule has 3 atom stereocenters. The van der Waals surface area contributed by atoms with Gasteiger partial charge < -0.3 is 25.3 Å². The second kappa shape index (κ2) is 10.3. The highest BCUT2D eigenvalue weighted by molar-refractivity contribution is 5.85. The monoisotopic (exact) mass is 360 g/mol. The molecule has 6 nitrogen and oxygen atoms in total. The maximum Gasteiger partial charge on any atom is 0.237 e. The molecule has 0 spiro atoms. The number of ether oxygens (including phenoxy) is 3. The van der Waals surface area contributed by atoms with Crippen LogP contribution in [0, 0.1) is 5.92 Å². The van der Waals surface area contributed by atoms with Crippen molar-refractivity contribution in [2.75, 3.05) is 21.3 Å². The lowest BCUT2D eigenvalue weighted by Crippen LogP contribution is -2.45. The molecule has 0 aliphatic carbocycles. The lowest BCUT2D eigenvalue weighted by Gasteiger charge is -2.22. The van der Waals surface area contributed by atoms with Crippen molar-refractivity contribution in [3.63, 3.8) is 0 Å². The van der Waals surface area contributed by atoms with Crippen molar-refractivity contribution in [3.05, 3.63) is 17.7 Å². The minimum atomic E-state index is -0.524. The molecule has 0 saturated carbocycles. The van der Waals surface area contributed by atoms with E-state index in [1.165, 1.54) is 0 Å². The van der Waals surface area contributed by atoms with Gasteiger partial charge in [0.1, 0.15) is 0 Å². The fourth-order valence-corrected chi connectivity index (χ4v) is 2.26. The van der Waals surface area contributed by atoms with Crippen molar-refractivity contribution in [2.45, 2.75) is 39.3 Å². The number of carbonyl (C=O) groups excluding carboxylic acids is 1. The molecule has 7 heteroatoms. The van der Waals surface area contributed by atoms with E-state index in [1.54, 1.807) is 21.3 Å². The SMILES string of the molecule is CCC(C)C(N)C(=O)NC(C)c1cc(OC)c(OC)c(OC)c1.Cl. The Labute approximate surface area is 150 Å². The number of methoxy groups -OCH3 is 3. The number of benzene rings is 1. The average molecular weight is 361 g/mol. The summed E-state index contributed by atoms with van der Waals surface area (Å²) in [6.07, 6.45) is 0.854. The lowest BCUT2D eigenvalue weighted by molar-refractivity contribution is -0.124. The van der Waals surface area contributed by atoms with Gasteiger partial charge in [-0.3, -0.25) is 4.79 Å². The van der Waals surface area contributed by atoms with Crippen molar-refractivity contribution >= 4 is 18.3 Å². The van der Waals surface area contributed by atoms with Crippen molar-refractivity contribution in [1.82, 2.24) is 5.32 Å². The van der Waals surface area contributed by atoms with E-state index in [0.29, 0.717) is 17.2 Å². The smallest absolute Gasteiger partial charge is 0.237 e. The highest BCUT2D eigenvalue weighted by Gasteiger charge is 2.22. The van der Waals surface area contributed by atoms with Crippen LogP contribution in [0.4, 0.5) is 0 Å². The zero-order chi connectivity index (χ0) is 17.6. The first-order valence-corrected chi connectivity index (χ1v) is 7.75. The first kappa shape index (κ1) is 22.3. The molecule has 24 heavy (non-hydrogen) atoms. The van der Waals surface area contributed by atoms with Crippen molar-refractivity contribution < 1.29 is 19.0 Å². The third-order valence-corrected chi connectivity index (χ3v) is 4.11. The van der Waals surface area contributed by atoms with Gasteiger partial charge in [-0.05, 0) is 30.5 Å². The number of nitrogens with two attached hydrogens (primary N) is 1. The van der Waals surface area contributed by atoms with Gasteiger partial charge in [0.05, 0.1) is 33.4 Å². The maximum atomic E-state index is 12.2. The van der Waals surface area contributed by atoms with E-state index in [1.807, 2.05) is 32.9 Å². The van der Waals surface area contributed by atoms with Crippen LogP contribution < -0.4 is 25.3 Å². The van der Waals surface area contributed by atoms with Crippen molar-refractivity contribution in [3.8, 4) is 17.2 Å². The molecule has 0 saturated heterocycles. The highest BCUT2D eigenvalue weighted by Crippen LogP contribution is 2.39. The normalized spacial score (nSPS) is 14.0. The number of rotatable bonds is 8. The van der Waals surface area contributed by atoms with Crippen LogP contribution in [0.3, 0.4) is 0 Å². The minimum absolute atomic E-state index is 0. The maximum absolute atomic E-state index is 12.2. The molecule has 0 aliphatic rings. The van der Waals surface area contributed by atoms with Gasteiger partial charge in [-0.25, -0.2) is 0 Å². The Hall–Kier alpha value is -1.66. The zero-order valence-electron chi connectivity index (χ0n) is 15.2. The van der Waals surface area contributed by atoms with E-state index in [2.05, 4.69) is 5.32 Å². The second-order valence-electron chi connectivity index (χ2n) is 5.60. The van der Waals surface area contributed by atoms with E-state index in [0.717, 1.165) is 12.0 Å². The molecule has 3 N–H and O–H groups in total. The van der Waals surface area contributed by atoms with Gasteiger partial charge in [0.25, 0.3) is 0 Å². The van der Waals surface area contributed by atoms with Gasteiger partial charge in [-0.2, -0.15) is 0 Å². The van der Waals surface area contributed by atoms with Crippen LogP contribution in [-0.2, 0) is 4.79 Å². The van der Waals surface area contributed by atoms with Crippen LogP contribution in [0.2, 0.25) is 0 Å². The van der Waals surface area contributed by atoms with E-state index in [-0.39, 0.29) is 30.3 Å². The molecule has 1 amide bonds. The summed E-state index contributed by atoms with van der Waals surface area (Å²) < 4.78 is 16.0. The molecule has 0 heterocycles. The van der Waals surface area contributed by atoms with Gasteiger partial charge in [0.15, 0.2) is 11.5 Å². The van der Waals surface area contributed by atoms with Gasteiger partial charge in [0, 0.05) is 0 Å². The summed E-state index contributed by atoms with van der Waals surface area (Å²) in [6, 6.07) is 2.89. The molecule has 1 aromatic carbocycles. The Morgan fingerprint density at radius 2 is 1.62 bits per heavy atom. The Morgan fingerprint density at radius 3 is 2.00 bits per heavy atom. The topological polar surface area (TPSA) is 82.8 Å². The zero-order valence-corrected chi connectivity index (χ0v) is 16.0. The molecule has 1 aromatic rings. The molecular weight excluding hydrogens is 332 g/mol. The Balaban J connectivity index is 0.00000529. The summed E-state index contributed by atoms with van der Waals surface area (Å²) >= 11 is 0. The molecule has 3 unspecified atom stereocenters. The molecular formula is C17H29ClN2O4. The third kappa shape index (κ3) is 5.18. The van der Waals surface area contributed by atoms with Crippen LogP contribution in [0.1, 0.15) is 38.8 Å². The first-order chi connectivity index (χ1) is 10.9. The number of halogens is 1. The highest BCUT2D eigenvalue weighted by atomic mass is 35.5. The summed E-state index contributed by atoms with van der Waals surface area (Å²) in [7, 11) is 4.67. The van der Waals surface area contributed by atoms with Crippen LogP contribution in [0.15, 0.2) is 12.1 Å². The summed E-state index contributed by atoms with van der Waals surface area (Å²) in [5, 5.41) is 2.94. The van der Waals surface area contributed by atoms with Crippen LogP contribution in [0.5, 0.6) is 17.2 Å². The summed E-state index contributed by atoms with van der Waals surface area (Å²) in [6.45, 7) is 5.87. The fraction of sp³-hybridized carbons (Fsp3) is 0.588. The summed E-state index contributed by atoms with van der Waals surface area (Å²) in [5.74, 6) is 1.58. The molecule has 138 valence electrons. The summed E-state index contributed by atoms with van der Waals surface area (Å²) in [5.41, 5.74) is 6.83. The van der Waals surface area contributed by atoms with Crippen molar-refractivity contribution in [2.24, 2.45) is 11.7 Å². The lowest BCUT2D eigenvalue weighted by atomic mass is 9.98. The van der Waals surface area contributed by atoms with Gasteiger partial charge in [-0.1, -0.05) is 20.3 Å². The third-order valence-electron chi connectivity index (χ3n) is 4.11.